The number of hydroxylamine groups is 1. The number of hydrogen-bond donors (Lipinski definition) is 3. The molecule has 0 bridgehead atoms. The zero-order valence-corrected chi connectivity index (χ0v) is 19.2. The molecule has 0 aliphatic rings. The molecule has 0 aliphatic carbocycles. The van der Waals surface area contributed by atoms with Crippen LogP contribution in [0.3, 0.4) is 0 Å². The Morgan fingerprint density at radius 3 is 2.67 bits per heavy atom. The second-order valence-electron chi connectivity index (χ2n) is 6.91. The molecule has 0 unspecified atom stereocenters. The molecule has 0 atom stereocenters. The number of halogens is 2. The van der Waals surface area contributed by atoms with Crippen LogP contribution in [0.5, 0.6) is 5.75 Å². The standard InChI is InChI=1S/C23H23ClFN3O.CH3NO2/c1-3-4-5-6-7-8-9-16-12-18-21(14-22(16)29-2)26-15-27-23(18)28-17-10-11-20(25)19(24)13-17;3-1-2-4/h10-15H,3-7H2,1-2H3,(H,26,27,28);1,4H,(H,2,3). The van der Waals surface area contributed by atoms with Crippen molar-refractivity contribution in [1.82, 2.24) is 15.4 Å². The smallest absolute Gasteiger partial charge is 0.230 e. The lowest BCUT2D eigenvalue weighted by molar-refractivity contribution is -0.116. The zero-order valence-electron chi connectivity index (χ0n) is 18.5. The van der Waals surface area contributed by atoms with Gasteiger partial charge >= 0.3 is 0 Å². The summed E-state index contributed by atoms with van der Waals surface area (Å²) in [6.45, 7) is 2.19. The Hall–Kier alpha value is -3.41. The van der Waals surface area contributed by atoms with Gasteiger partial charge in [-0.25, -0.2) is 19.8 Å². The molecule has 0 aliphatic heterocycles. The van der Waals surface area contributed by atoms with Gasteiger partial charge in [-0.2, -0.15) is 0 Å². The van der Waals surface area contributed by atoms with Gasteiger partial charge in [0.2, 0.25) is 6.41 Å². The Labute approximate surface area is 197 Å². The number of hydrogen-bond acceptors (Lipinski definition) is 6. The lowest BCUT2D eigenvalue weighted by Crippen LogP contribution is -1.99. The minimum absolute atomic E-state index is 0.0460. The van der Waals surface area contributed by atoms with E-state index in [1.165, 1.54) is 43.2 Å². The molecular formula is C24H26ClFN4O3. The fourth-order valence-corrected chi connectivity index (χ4v) is 3.14. The molecule has 9 heteroatoms. The molecule has 3 rings (SSSR count). The maximum atomic E-state index is 13.4. The number of anilines is 2. The number of carbonyl (C=O) groups is 1. The number of ether oxygens (including phenoxy) is 1. The van der Waals surface area contributed by atoms with Crippen molar-refractivity contribution in [1.29, 1.82) is 0 Å². The number of aromatic nitrogens is 2. The molecule has 1 heterocycles. The quantitative estimate of drug-likeness (QED) is 0.129. The first-order valence-electron chi connectivity index (χ1n) is 10.4. The highest BCUT2D eigenvalue weighted by molar-refractivity contribution is 6.31. The minimum atomic E-state index is -0.467. The number of nitrogens with zero attached hydrogens (tertiary/aromatic N) is 2. The van der Waals surface area contributed by atoms with Crippen molar-refractivity contribution in [3.8, 4) is 17.6 Å². The fraction of sp³-hybridized carbons (Fsp3) is 0.292. The molecule has 7 nitrogen and oxygen atoms in total. The number of rotatable bonds is 8. The summed E-state index contributed by atoms with van der Waals surface area (Å²) < 4.78 is 18.9. The van der Waals surface area contributed by atoms with Crippen LogP contribution in [0.15, 0.2) is 36.7 Å². The molecule has 174 valence electrons. The molecular weight excluding hydrogens is 447 g/mol. The molecule has 0 fully saturated rings. The van der Waals surface area contributed by atoms with Gasteiger partial charge in [0.15, 0.2) is 0 Å². The Balaban J connectivity index is 0.000000890. The predicted octanol–water partition coefficient (Wildman–Crippen LogP) is 5.62. The normalized spacial score (nSPS) is 9.85. The maximum absolute atomic E-state index is 13.4. The van der Waals surface area contributed by atoms with Crippen LogP contribution in [0.25, 0.3) is 10.9 Å². The van der Waals surface area contributed by atoms with Gasteiger partial charge in [-0.15, -0.1) is 0 Å². The lowest BCUT2D eigenvalue weighted by Gasteiger charge is -2.11. The summed E-state index contributed by atoms with van der Waals surface area (Å²) in [6, 6.07) is 8.20. The van der Waals surface area contributed by atoms with E-state index in [0.717, 1.165) is 29.3 Å². The maximum Gasteiger partial charge on any atom is 0.230 e. The van der Waals surface area contributed by atoms with Gasteiger partial charge in [0, 0.05) is 23.6 Å². The van der Waals surface area contributed by atoms with E-state index in [4.69, 9.17) is 26.3 Å². The number of nitrogens with one attached hydrogen (secondary N) is 2. The number of unbranched alkanes of at least 4 members (excludes halogenated alkanes) is 4. The van der Waals surface area contributed by atoms with Gasteiger partial charge in [-0.1, -0.05) is 49.6 Å². The Bertz CT molecular complexity index is 1130. The minimum Gasteiger partial charge on any atom is -0.495 e. The van der Waals surface area contributed by atoms with Gasteiger partial charge in [0.25, 0.3) is 0 Å². The first-order chi connectivity index (χ1) is 16.0. The van der Waals surface area contributed by atoms with Crippen LogP contribution in [0.2, 0.25) is 5.02 Å². The van der Waals surface area contributed by atoms with Crippen LogP contribution in [0.4, 0.5) is 15.9 Å². The van der Waals surface area contributed by atoms with E-state index in [9.17, 15) is 4.39 Å². The summed E-state index contributed by atoms with van der Waals surface area (Å²) in [5.74, 6) is 7.24. The molecule has 0 spiro atoms. The van der Waals surface area contributed by atoms with Crippen LogP contribution < -0.4 is 15.5 Å². The summed E-state index contributed by atoms with van der Waals surface area (Å²) >= 11 is 5.88. The zero-order chi connectivity index (χ0) is 24.1. The second-order valence-corrected chi connectivity index (χ2v) is 7.31. The van der Waals surface area contributed by atoms with E-state index in [1.54, 1.807) is 13.2 Å². The molecule has 1 aromatic heterocycles. The third kappa shape index (κ3) is 7.90. The number of fused-ring (bicyclic) bond motifs is 1. The molecule has 0 saturated heterocycles. The lowest BCUT2D eigenvalue weighted by atomic mass is 10.1. The highest BCUT2D eigenvalue weighted by Crippen LogP contribution is 2.30. The van der Waals surface area contributed by atoms with E-state index in [-0.39, 0.29) is 11.4 Å². The van der Waals surface area contributed by atoms with Crippen LogP contribution in [0, 0.1) is 17.7 Å². The third-order valence-corrected chi connectivity index (χ3v) is 4.86. The Kier molecular flexibility index (Phi) is 10.9. The van der Waals surface area contributed by atoms with E-state index >= 15 is 0 Å². The molecule has 3 N–H and O–H groups in total. The third-order valence-electron chi connectivity index (χ3n) is 4.57. The van der Waals surface area contributed by atoms with E-state index in [0.29, 0.717) is 17.3 Å². The largest absolute Gasteiger partial charge is 0.495 e. The number of amides is 1. The Morgan fingerprint density at radius 1 is 1.21 bits per heavy atom. The summed E-state index contributed by atoms with van der Waals surface area (Å²) in [5, 5.41) is 11.3. The van der Waals surface area contributed by atoms with Crippen molar-refractivity contribution in [2.24, 2.45) is 0 Å². The molecule has 1 amide bonds. The number of benzene rings is 2. The number of methoxy groups -OCH3 is 1. The highest BCUT2D eigenvalue weighted by Gasteiger charge is 2.10. The molecule has 0 radical (unpaired) electrons. The SMILES string of the molecule is CCCCCCC#Cc1cc2c(Nc3ccc(F)c(Cl)c3)ncnc2cc1OC.O=CNO. The van der Waals surface area contributed by atoms with Gasteiger partial charge < -0.3 is 10.1 Å². The summed E-state index contributed by atoms with van der Waals surface area (Å²) in [6.07, 6.45) is 7.24. The monoisotopic (exact) mass is 472 g/mol. The van der Waals surface area contributed by atoms with Crippen molar-refractivity contribution in [3.05, 3.63) is 53.1 Å². The Morgan fingerprint density at radius 2 is 2.00 bits per heavy atom. The van der Waals surface area contributed by atoms with E-state index in [2.05, 4.69) is 34.0 Å². The summed E-state index contributed by atoms with van der Waals surface area (Å²) in [4.78, 5) is 17.5. The summed E-state index contributed by atoms with van der Waals surface area (Å²) in [7, 11) is 1.62. The molecule has 2 aromatic carbocycles. The van der Waals surface area contributed by atoms with Crippen molar-refractivity contribution in [2.75, 3.05) is 12.4 Å². The number of carbonyl (C=O) groups excluding carboxylic acids is 1. The van der Waals surface area contributed by atoms with Crippen molar-refractivity contribution in [2.45, 2.75) is 39.0 Å². The van der Waals surface area contributed by atoms with Crippen LogP contribution >= 0.6 is 11.6 Å². The van der Waals surface area contributed by atoms with Crippen molar-refractivity contribution < 1.29 is 19.1 Å². The van der Waals surface area contributed by atoms with Crippen LogP contribution in [-0.2, 0) is 4.79 Å². The van der Waals surface area contributed by atoms with Crippen molar-refractivity contribution >= 4 is 40.4 Å². The van der Waals surface area contributed by atoms with Gasteiger partial charge in [-0.05, 0) is 30.7 Å². The van der Waals surface area contributed by atoms with Crippen LogP contribution in [0.1, 0.15) is 44.6 Å². The predicted molar refractivity (Wildman–Crippen MR) is 127 cm³/mol. The molecule has 0 saturated carbocycles. The topological polar surface area (TPSA) is 96.4 Å². The average molecular weight is 473 g/mol. The van der Waals surface area contributed by atoms with E-state index in [1.807, 2.05) is 12.1 Å². The summed E-state index contributed by atoms with van der Waals surface area (Å²) in [5.41, 5.74) is 3.39. The first kappa shape index (κ1) is 25.8. The van der Waals surface area contributed by atoms with E-state index < -0.39 is 5.82 Å². The molecule has 3 aromatic rings. The average Bonchev–Trinajstić information content (AvgIpc) is 2.83. The van der Waals surface area contributed by atoms with Crippen LogP contribution in [-0.4, -0.2) is 28.7 Å². The van der Waals surface area contributed by atoms with Gasteiger partial charge in [-0.3, -0.25) is 10.0 Å². The van der Waals surface area contributed by atoms with Crippen molar-refractivity contribution in [3.63, 3.8) is 0 Å². The fourth-order valence-electron chi connectivity index (χ4n) is 2.96. The first-order valence-corrected chi connectivity index (χ1v) is 10.8. The highest BCUT2D eigenvalue weighted by atomic mass is 35.5. The molecule has 33 heavy (non-hydrogen) atoms. The van der Waals surface area contributed by atoms with Gasteiger partial charge in [0.05, 0.1) is 23.2 Å². The van der Waals surface area contributed by atoms with Gasteiger partial charge in [0.1, 0.15) is 23.7 Å². The second kappa shape index (κ2) is 13.9.